The van der Waals surface area contributed by atoms with Crippen LogP contribution in [0.25, 0.3) is 0 Å². The van der Waals surface area contributed by atoms with Crippen molar-refractivity contribution < 1.29 is 45.8 Å². The number of hydrogen-bond acceptors (Lipinski definition) is 9. The Morgan fingerprint density at radius 1 is 1.03 bits per heavy atom. The SMILES string of the molecule is CC(N)=O.CCOC(=O)C(CC)C(=O)OCc1ccccc1[N+](=O)[O-].O=[As](O)(O)c1ccccc1O. The van der Waals surface area contributed by atoms with Crippen molar-refractivity contribution in [2.24, 2.45) is 11.7 Å². The average molecular weight is 572 g/mol. The second-order valence-corrected chi connectivity index (χ2v) is 10.1. The maximum atomic E-state index is 11.9. The van der Waals surface area contributed by atoms with E-state index in [4.69, 9.17) is 22.8 Å². The summed E-state index contributed by atoms with van der Waals surface area (Å²) in [5.74, 6) is -3.07. The Balaban J connectivity index is 0.000000677. The van der Waals surface area contributed by atoms with Crippen LogP contribution in [0.2, 0.25) is 0 Å². The molecule has 0 saturated carbocycles. The Hall–Kier alpha value is -3.67. The predicted octanol–water partition coefficient (Wildman–Crippen LogP) is 0.672. The van der Waals surface area contributed by atoms with Crippen LogP contribution in [0.5, 0.6) is 5.75 Å². The minimum absolute atomic E-state index is 0.130. The molecule has 2 aromatic rings. The molecular weight excluding hydrogens is 543 g/mol. The number of esters is 2. The van der Waals surface area contributed by atoms with Gasteiger partial charge in [0.25, 0.3) is 5.69 Å². The number of carbonyl (C=O) groups is 3. The third-order valence-corrected chi connectivity index (χ3v) is 6.13. The topological polar surface area (TPSA) is 217 Å². The number of benzene rings is 2. The number of nitro benzene ring substituents is 1. The van der Waals surface area contributed by atoms with Gasteiger partial charge in [-0.1, -0.05) is 19.1 Å². The first-order valence-corrected chi connectivity index (χ1v) is 13.8. The van der Waals surface area contributed by atoms with Gasteiger partial charge in [0.05, 0.1) is 17.1 Å². The van der Waals surface area contributed by atoms with E-state index in [0.29, 0.717) is 0 Å². The zero-order valence-electron chi connectivity index (χ0n) is 19.9. The van der Waals surface area contributed by atoms with Crippen LogP contribution in [0.3, 0.4) is 0 Å². The minimum atomic E-state index is -4.90. The second kappa shape index (κ2) is 16.1. The average Bonchev–Trinajstić information content (AvgIpc) is 2.78. The van der Waals surface area contributed by atoms with Crippen molar-refractivity contribution in [1.29, 1.82) is 0 Å². The van der Waals surface area contributed by atoms with Crippen molar-refractivity contribution in [2.45, 2.75) is 33.8 Å². The molecular formula is C22H29AsN2O11. The molecule has 14 heteroatoms. The molecule has 5 N–H and O–H groups in total. The number of ether oxygens (including phenoxy) is 2. The summed E-state index contributed by atoms with van der Waals surface area (Å²) in [6.07, 6.45) is 0.245. The summed E-state index contributed by atoms with van der Waals surface area (Å²) in [5.41, 5.74) is 4.61. The Morgan fingerprint density at radius 2 is 1.53 bits per heavy atom. The zero-order valence-corrected chi connectivity index (χ0v) is 21.8. The van der Waals surface area contributed by atoms with E-state index in [9.17, 15) is 28.2 Å². The van der Waals surface area contributed by atoms with Crippen LogP contribution in [-0.4, -0.2) is 56.8 Å². The molecule has 1 amide bonds. The molecule has 0 heterocycles. The fourth-order valence-corrected chi connectivity index (χ4v) is 3.81. The summed E-state index contributed by atoms with van der Waals surface area (Å²) in [6.45, 7) is 4.52. The van der Waals surface area contributed by atoms with Gasteiger partial charge in [-0.05, 0) is 19.4 Å². The van der Waals surface area contributed by atoms with Crippen molar-refractivity contribution >= 4 is 42.1 Å². The van der Waals surface area contributed by atoms with Gasteiger partial charge in [-0.2, -0.15) is 0 Å². The van der Waals surface area contributed by atoms with E-state index >= 15 is 0 Å². The summed E-state index contributed by atoms with van der Waals surface area (Å²) in [5, 5.41) is 19.8. The standard InChI is InChI=1S/C14H17NO6.C6H7AsO4.C2H5NO/c1-3-11(13(16)20-4-2)14(17)21-9-10-7-5-6-8-12(10)15(18)19;8-6-4-2-1-3-5(6)7(9,10)11;1-2(3)4/h5-8,11H,3-4,9H2,1-2H3;1-4,8H,(H2,9,10,11);1H3,(H2,3,4). The molecule has 0 aliphatic heterocycles. The van der Waals surface area contributed by atoms with E-state index < -0.39 is 37.0 Å². The summed E-state index contributed by atoms with van der Waals surface area (Å²) in [4.78, 5) is 42.9. The molecule has 0 aliphatic carbocycles. The Kier molecular flexibility index (Phi) is 14.4. The van der Waals surface area contributed by atoms with Crippen LogP contribution in [0.4, 0.5) is 5.69 Å². The molecule has 0 saturated heterocycles. The molecule has 0 radical (unpaired) electrons. The number of primary amides is 1. The summed E-state index contributed by atoms with van der Waals surface area (Å²) >= 11 is -4.90. The summed E-state index contributed by atoms with van der Waals surface area (Å²) < 4.78 is 37.5. The number of hydrogen-bond donors (Lipinski definition) is 4. The number of para-hydroxylation sites is 2. The van der Waals surface area contributed by atoms with Crippen molar-refractivity contribution in [2.75, 3.05) is 6.61 Å². The molecule has 2 aromatic carbocycles. The quantitative estimate of drug-likeness (QED) is 0.113. The van der Waals surface area contributed by atoms with Crippen molar-refractivity contribution in [3.63, 3.8) is 0 Å². The van der Waals surface area contributed by atoms with Crippen LogP contribution in [0, 0.1) is 16.0 Å². The molecule has 0 aliphatic rings. The van der Waals surface area contributed by atoms with E-state index in [1.807, 2.05) is 0 Å². The number of phenols is 1. The van der Waals surface area contributed by atoms with Gasteiger partial charge in [0.1, 0.15) is 6.61 Å². The van der Waals surface area contributed by atoms with E-state index in [-0.39, 0.29) is 46.9 Å². The Labute approximate surface area is 210 Å². The van der Waals surface area contributed by atoms with Crippen molar-refractivity contribution in [3.05, 3.63) is 64.2 Å². The molecule has 0 aromatic heterocycles. The number of nitrogens with two attached hydrogens (primary N) is 1. The summed E-state index contributed by atoms with van der Waals surface area (Å²) in [6, 6.07) is 11.4. The van der Waals surface area contributed by atoms with Gasteiger partial charge in [-0.3, -0.25) is 24.5 Å². The predicted molar refractivity (Wildman–Crippen MR) is 127 cm³/mol. The normalized spacial score (nSPS) is 10.9. The number of nitrogens with zero attached hydrogens (tertiary/aromatic N) is 1. The fraction of sp³-hybridized carbons (Fsp3) is 0.318. The number of phenolic OH excluding ortho intramolecular Hbond substituents is 1. The van der Waals surface area contributed by atoms with E-state index in [2.05, 4.69) is 5.73 Å². The van der Waals surface area contributed by atoms with Crippen LogP contribution < -0.4 is 10.1 Å². The molecule has 198 valence electrons. The Bertz CT molecular complexity index is 1080. The summed E-state index contributed by atoms with van der Waals surface area (Å²) in [7, 11) is 0. The van der Waals surface area contributed by atoms with Crippen LogP contribution in [-0.2, 0) is 34.2 Å². The molecule has 0 bridgehead atoms. The van der Waals surface area contributed by atoms with Gasteiger partial charge < -0.3 is 15.2 Å². The Morgan fingerprint density at radius 3 is 1.97 bits per heavy atom. The third kappa shape index (κ3) is 12.2. The molecule has 1 unspecified atom stereocenters. The molecule has 1 atom stereocenters. The number of rotatable bonds is 8. The van der Waals surface area contributed by atoms with Gasteiger partial charge in [-0.25, -0.2) is 0 Å². The van der Waals surface area contributed by atoms with Gasteiger partial charge in [0, 0.05) is 13.0 Å². The van der Waals surface area contributed by atoms with E-state index in [1.54, 1.807) is 19.9 Å². The van der Waals surface area contributed by atoms with Crippen LogP contribution >= 0.6 is 0 Å². The van der Waals surface area contributed by atoms with Crippen molar-refractivity contribution in [3.8, 4) is 5.75 Å². The first kappa shape index (κ1) is 32.3. The van der Waals surface area contributed by atoms with Crippen molar-refractivity contribution in [1.82, 2.24) is 0 Å². The first-order valence-electron chi connectivity index (χ1n) is 10.4. The zero-order chi connectivity index (χ0) is 27.9. The van der Waals surface area contributed by atoms with Gasteiger partial charge in [-0.15, -0.1) is 0 Å². The number of carbonyl (C=O) groups excluding carboxylic acids is 3. The molecule has 0 spiro atoms. The van der Waals surface area contributed by atoms with Gasteiger partial charge >= 0.3 is 77.5 Å². The van der Waals surface area contributed by atoms with E-state index in [1.165, 1.54) is 49.4 Å². The van der Waals surface area contributed by atoms with E-state index in [0.717, 1.165) is 0 Å². The fourth-order valence-electron chi connectivity index (χ4n) is 2.44. The second-order valence-electron chi connectivity index (χ2n) is 6.85. The number of amides is 1. The number of nitro groups is 1. The molecule has 13 nitrogen and oxygen atoms in total. The van der Waals surface area contributed by atoms with Gasteiger partial charge in [0.15, 0.2) is 5.92 Å². The van der Waals surface area contributed by atoms with Gasteiger partial charge in [0.2, 0.25) is 5.91 Å². The first-order chi connectivity index (χ1) is 16.8. The number of aromatic hydroxyl groups is 1. The maximum absolute atomic E-state index is 11.9. The molecule has 36 heavy (non-hydrogen) atoms. The third-order valence-electron chi connectivity index (χ3n) is 4.02. The monoisotopic (exact) mass is 572 g/mol. The van der Waals surface area contributed by atoms with Crippen LogP contribution in [0.15, 0.2) is 48.5 Å². The van der Waals surface area contributed by atoms with Crippen LogP contribution in [0.1, 0.15) is 32.8 Å². The molecule has 0 fully saturated rings. The molecule has 2 rings (SSSR count).